The second kappa shape index (κ2) is 7.13. The number of nitrogens with one attached hydrogen (secondary N) is 1. The molecule has 3 rings (SSSR count). The Kier molecular flexibility index (Phi) is 5.04. The molecular weight excluding hydrogens is 391 g/mol. The third kappa shape index (κ3) is 3.46. The van der Waals surface area contributed by atoms with E-state index in [9.17, 15) is 19.2 Å². The molecule has 2 aromatic carbocycles. The minimum absolute atomic E-state index is 0.223. The first-order valence-electron chi connectivity index (χ1n) is 7.96. The molecule has 1 aliphatic heterocycles. The molecule has 0 radical (unpaired) electrons. The summed E-state index contributed by atoms with van der Waals surface area (Å²) >= 11 is 11.8. The molecule has 0 unspecified atom stereocenters. The molecule has 0 spiro atoms. The Morgan fingerprint density at radius 2 is 1.56 bits per heavy atom. The van der Waals surface area contributed by atoms with Crippen molar-refractivity contribution in [2.75, 3.05) is 10.2 Å². The summed E-state index contributed by atoms with van der Waals surface area (Å²) in [5.74, 6) is -5.60. The first kappa shape index (κ1) is 19.1. The predicted octanol–water partition coefficient (Wildman–Crippen LogP) is 3.31. The van der Waals surface area contributed by atoms with E-state index in [4.69, 9.17) is 23.2 Å². The van der Waals surface area contributed by atoms with E-state index < -0.39 is 29.4 Å². The monoisotopic (exact) mass is 404 g/mol. The number of imide groups is 1. The molecule has 1 atom stereocenters. The Morgan fingerprint density at radius 3 is 2.15 bits per heavy atom. The van der Waals surface area contributed by atoms with Crippen molar-refractivity contribution in [1.29, 1.82) is 0 Å². The van der Waals surface area contributed by atoms with Crippen molar-refractivity contribution in [3.05, 3.63) is 57.6 Å². The van der Waals surface area contributed by atoms with Crippen molar-refractivity contribution in [2.45, 2.75) is 13.8 Å². The summed E-state index contributed by atoms with van der Waals surface area (Å²) in [5, 5.41) is 3.43. The number of carbonyl (C=O) groups excluding carboxylic acids is 4. The lowest BCUT2D eigenvalue weighted by Crippen LogP contribution is -2.35. The van der Waals surface area contributed by atoms with E-state index in [1.165, 1.54) is 12.1 Å². The lowest BCUT2D eigenvalue weighted by molar-refractivity contribution is -0.139. The second-order valence-corrected chi connectivity index (χ2v) is 7.03. The van der Waals surface area contributed by atoms with E-state index in [2.05, 4.69) is 5.32 Å². The van der Waals surface area contributed by atoms with E-state index in [0.717, 1.165) is 4.90 Å². The highest BCUT2D eigenvalue weighted by molar-refractivity contribution is 6.60. The highest BCUT2D eigenvalue weighted by atomic mass is 35.5. The van der Waals surface area contributed by atoms with Crippen LogP contribution in [-0.4, -0.2) is 23.5 Å². The number of rotatable bonds is 3. The highest BCUT2D eigenvalue weighted by Crippen LogP contribution is 2.30. The highest BCUT2D eigenvalue weighted by Gasteiger charge is 2.51. The number of Topliss-reactive ketones (excluding diaryl/α,β-unsaturated/α-hetero) is 1. The molecule has 1 aliphatic rings. The fourth-order valence-corrected chi connectivity index (χ4v) is 3.33. The molecule has 138 valence electrons. The van der Waals surface area contributed by atoms with Crippen molar-refractivity contribution in [1.82, 2.24) is 0 Å². The van der Waals surface area contributed by atoms with Gasteiger partial charge in [0, 0.05) is 15.7 Å². The molecule has 0 aliphatic carbocycles. The van der Waals surface area contributed by atoms with E-state index in [0.29, 0.717) is 26.9 Å². The third-order valence-electron chi connectivity index (χ3n) is 4.25. The van der Waals surface area contributed by atoms with Gasteiger partial charge in [-0.05, 0) is 61.4 Å². The number of amides is 3. The van der Waals surface area contributed by atoms with E-state index >= 15 is 0 Å². The fourth-order valence-electron chi connectivity index (χ4n) is 2.88. The number of halogens is 2. The van der Waals surface area contributed by atoms with Crippen molar-refractivity contribution >= 4 is 58.1 Å². The summed E-state index contributed by atoms with van der Waals surface area (Å²) in [6.45, 7) is 3.37. The van der Waals surface area contributed by atoms with Crippen molar-refractivity contribution in [3.63, 3.8) is 0 Å². The van der Waals surface area contributed by atoms with E-state index in [1.807, 2.05) is 0 Å². The number of ketones is 1. The van der Waals surface area contributed by atoms with E-state index in [1.54, 1.807) is 38.1 Å². The van der Waals surface area contributed by atoms with Gasteiger partial charge < -0.3 is 5.32 Å². The zero-order valence-corrected chi connectivity index (χ0v) is 15.9. The molecule has 2 aromatic rings. The van der Waals surface area contributed by atoms with Crippen LogP contribution in [-0.2, 0) is 19.2 Å². The molecule has 8 heteroatoms. The topological polar surface area (TPSA) is 83.6 Å². The number of hydrogen-bond donors (Lipinski definition) is 1. The third-order valence-corrected chi connectivity index (χ3v) is 4.72. The van der Waals surface area contributed by atoms with Crippen molar-refractivity contribution < 1.29 is 19.2 Å². The smallest absolute Gasteiger partial charge is 0.302 e. The van der Waals surface area contributed by atoms with Crippen LogP contribution in [0.2, 0.25) is 10.0 Å². The Labute approximate surface area is 165 Å². The number of carbonyl (C=O) groups is 4. The van der Waals surface area contributed by atoms with Crippen LogP contribution < -0.4 is 10.2 Å². The van der Waals surface area contributed by atoms with Crippen LogP contribution in [0.3, 0.4) is 0 Å². The minimum Gasteiger partial charge on any atom is -0.325 e. The van der Waals surface area contributed by atoms with Gasteiger partial charge in [-0.2, -0.15) is 0 Å². The van der Waals surface area contributed by atoms with Crippen LogP contribution in [0.5, 0.6) is 0 Å². The maximum Gasteiger partial charge on any atom is 0.302 e. The first-order chi connectivity index (χ1) is 12.7. The number of aryl methyl sites for hydroxylation is 2. The normalized spacial score (nSPS) is 16.8. The number of hydrogen-bond acceptors (Lipinski definition) is 4. The molecule has 3 amide bonds. The second-order valence-electron chi connectivity index (χ2n) is 6.16. The average Bonchev–Trinajstić information content (AvgIpc) is 2.80. The van der Waals surface area contributed by atoms with Crippen LogP contribution in [0.1, 0.15) is 11.1 Å². The van der Waals surface area contributed by atoms with Crippen LogP contribution in [0.4, 0.5) is 11.4 Å². The van der Waals surface area contributed by atoms with Gasteiger partial charge in [0.15, 0.2) is 5.92 Å². The molecule has 1 heterocycles. The Balaban J connectivity index is 1.90. The van der Waals surface area contributed by atoms with Gasteiger partial charge in [-0.25, -0.2) is 4.90 Å². The molecule has 0 saturated carbocycles. The molecule has 6 nitrogen and oxygen atoms in total. The molecule has 1 saturated heterocycles. The van der Waals surface area contributed by atoms with Gasteiger partial charge >= 0.3 is 5.91 Å². The van der Waals surface area contributed by atoms with Crippen LogP contribution in [0.15, 0.2) is 36.4 Å². The summed E-state index contributed by atoms with van der Waals surface area (Å²) in [7, 11) is 0. The van der Waals surface area contributed by atoms with Crippen LogP contribution in [0, 0.1) is 19.8 Å². The van der Waals surface area contributed by atoms with Gasteiger partial charge in [0.2, 0.25) is 11.7 Å². The zero-order chi connectivity index (χ0) is 19.9. The van der Waals surface area contributed by atoms with Gasteiger partial charge in [0.25, 0.3) is 5.91 Å². The summed E-state index contributed by atoms with van der Waals surface area (Å²) < 4.78 is 0. The molecule has 0 aromatic heterocycles. The van der Waals surface area contributed by atoms with E-state index in [-0.39, 0.29) is 5.69 Å². The van der Waals surface area contributed by atoms with Gasteiger partial charge in [-0.15, -0.1) is 0 Å². The average molecular weight is 405 g/mol. The standard InChI is InChI=1S/C19H14Cl2N2O4/c1-9-7-11(20)3-5-13(9)22-17(25)15-16(24)19(27)23(18(15)26)14-6-4-12(21)8-10(14)2/h3-8,15H,1-2H3,(H,22,25)/t15-/m0/s1. The van der Waals surface area contributed by atoms with Gasteiger partial charge in [-0.3, -0.25) is 19.2 Å². The first-order valence-corrected chi connectivity index (χ1v) is 8.71. The van der Waals surface area contributed by atoms with Crippen molar-refractivity contribution in [3.8, 4) is 0 Å². The lowest BCUT2D eigenvalue weighted by Gasteiger charge is -2.16. The maximum atomic E-state index is 12.7. The summed E-state index contributed by atoms with van der Waals surface area (Å²) in [6.07, 6.45) is 0. The predicted molar refractivity (Wildman–Crippen MR) is 102 cm³/mol. The number of benzene rings is 2. The number of anilines is 2. The Bertz CT molecular complexity index is 1000. The molecular formula is C19H14Cl2N2O4. The van der Waals surface area contributed by atoms with Gasteiger partial charge in [0.1, 0.15) is 0 Å². The van der Waals surface area contributed by atoms with Gasteiger partial charge in [-0.1, -0.05) is 23.2 Å². The van der Waals surface area contributed by atoms with Crippen LogP contribution in [0.25, 0.3) is 0 Å². The summed E-state index contributed by atoms with van der Waals surface area (Å²) in [4.78, 5) is 50.7. The Hall–Kier alpha value is -2.70. The molecule has 0 bridgehead atoms. The zero-order valence-electron chi connectivity index (χ0n) is 14.4. The van der Waals surface area contributed by atoms with Crippen LogP contribution >= 0.6 is 23.2 Å². The Morgan fingerprint density at radius 1 is 0.963 bits per heavy atom. The maximum absolute atomic E-state index is 12.7. The fraction of sp³-hybridized carbons (Fsp3) is 0.158. The number of nitrogens with zero attached hydrogens (tertiary/aromatic N) is 1. The lowest BCUT2D eigenvalue weighted by atomic mass is 10.1. The summed E-state index contributed by atoms with van der Waals surface area (Å²) in [6, 6.07) is 9.28. The molecule has 1 N–H and O–H groups in total. The van der Waals surface area contributed by atoms with Crippen molar-refractivity contribution in [2.24, 2.45) is 5.92 Å². The SMILES string of the molecule is Cc1cc(Cl)ccc1NC(=O)[C@@H]1C(=O)C(=O)N(c2ccc(Cl)cc2C)C1=O. The summed E-state index contributed by atoms with van der Waals surface area (Å²) in [5.41, 5.74) is 1.82. The molecule has 27 heavy (non-hydrogen) atoms. The quantitative estimate of drug-likeness (QED) is 0.483. The largest absolute Gasteiger partial charge is 0.325 e. The minimum atomic E-state index is -1.73. The van der Waals surface area contributed by atoms with Gasteiger partial charge in [0.05, 0.1) is 5.69 Å². The molecule has 1 fully saturated rings.